The highest BCUT2D eigenvalue weighted by molar-refractivity contribution is 8.14. The van der Waals surface area contributed by atoms with Crippen LogP contribution in [0, 0.1) is 11.3 Å². The first-order chi connectivity index (χ1) is 7.37. The molecule has 1 N–H and O–H groups in total. The normalized spacial score (nSPS) is 21.4. The zero-order valence-corrected chi connectivity index (χ0v) is 12.2. The monoisotopic (exact) mass is 242 g/mol. The topological polar surface area (TPSA) is 24.4 Å². The Morgan fingerprint density at radius 3 is 2.69 bits per heavy atom. The van der Waals surface area contributed by atoms with Crippen LogP contribution in [0.25, 0.3) is 0 Å². The van der Waals surface area contributed by atoms with E-state index in [1.54, 1.807) is 0 Å². The van der Waals surface area contributed by atoms with Crippen molar-refractivity contribution in [3.05, 3.63) is 0 Å². The molecule has 0 aromatic rings. The van der Waals surface area contributed by atoms with Crippen LogP contribution in [0.5, 0.6) is 0 Å². The van der Waals surface area contributed by atoms with Crippen LogP contribution in [0.1, 0.15) is 47.5 Å². The second-order valence-electron chi connectivity index (χ2n) is 6.25. The molecule has 0 fully saturated rings. The minimum atomic E-state index is 0.411. The zero-order chi connectivity index (χ0) is 12.2. The van der Waals surface area contributed by atoms with E-state index < -0.39 is 0 Å². The van der Waals surface area contributed by atoms with Crippen molar-refractivity contribution in [1.82, 2.24) is 5.32 Å². The van der Waals surface area contributed by atoms with Gasteiger partial charge in [-0.25, -0.2) is 0 Å². The standard InChI is InChI=1S/C13H26N2S/c1-10(2)8-11-9-15-12(16-11)14-7-6-13(3,4)5/h10-11H,6-9H2,1-5H3,(H,14,15). The fourth-order valence-corrected chi connectivity index (χ4v) is 2.99. The summed E-state index contributed by atoms with van der Waals surface area (Å²) in [5, 5.41) is 5.32. The number of hydrogen-bond acceptors (Lipinski definition) is 3. The van der Waals surface area contributed by atoms with Gasteiger partial charge in [-0.1, -0.05) is 46.4 Å². The van der Waals surface area contributed by atoms with E-state index in [4.69, 9.17) is 0 Å². The molecule has 0 spiro atoms. The molecule has 3 heteroatoms. The first-order valence-corrected chi connectivity index (χ1v) is 7.20. The maximum absolute atomic E-state index is 4.56. The van der Waals surface area contributed by atoms with Crippen molar-refractivity contribution < 1.29 is 0 Å². The highest BCUT2D eigenvalue weighted by Gasteiger charge is 2.20. The van der Waals surface area contributed by atoms with E-state index >= 15 is 0 Å². The first kappa shape index (κ1) is 13.9. The van der Waals surface area contributed by atoms with Gasteiger partial charge >= 0.3 is 0 Å². The molecule has 1 heterocycles. The summed E-state index contributed by atoms with van der Waals surface area (Å²) in [6.45, 7) is 13.4. The van der Waals surface area contributed by atoms with Crippen LogP contribution in [0.3, 0.4) is 0 Å². The van der Waals surface area contributed by atoms with Crippen molar-refractivity contribution in [1.29, 1.82) is 0 Å². The Morgan fingerprint density at radius 2 is 2.12 bits per heavy atom. The van der Waals surface area contributed by atoms with Crippen molar-refractivity contribution in [3.8, 4) is 0 Å². The van der Waals surface area contributed by atoms with E-state index in [1.807, 2.05) is 11.8 Å². The zero-order valence-electron chi connectivity index (χ0n) is 11.3. The molecule has 1 aliphatic heterocycles. The Morgan fingerprint density at radius 1 is 1.44 bits per heavy atom. The highest BCUT2D eigenvalue weighted by Crippen LogP contribution is 2.25. The van der Waals surface area contributed by atoms with Gasteiger partial charge in [-0.3, -0.25) is 4.99 Å². The van der Waals surface area contributed by atoms with Gasteiger partial charge in [0.05, 0.1) is 6.54 Å². The molecule has 1 unspecified atom stereocenters. The molecule has 0 radical (unpaired) electrons. The van der Waals surface area contributed by atoms with E-state index in [2.05, 4.69) is 44.9 Å². The van der Waals surface area contributed by atoms with Crippen LogP contribution in [-0.4, -0.2) is 23.5 Å². The van der Waals surface area contributed by atoms with E-state index in [0.717, 1.165) is 24.2 Å². The average molecular weight is 242 g/mol. The summed E-state index contributed by atoms with van der Waals surface area (Å²) >= 11 is 1.93. The number of rotatable bonds is 4. The van der Waals surface area contributed by atoms with E-state index in [0.29, 0.717) is 10.7 Å². The lowest BCUT2D eigenvalue weighted by Gasteiger charge is -2.18. The van der Waals surface area contributed by atoms with E-state index in [9.17, 15) is 0 Å². The van der Waals surface area contributed by atoms with Crippen molar-refractivity contribution >= 4 is 16.9 Å². The molecule has 2 nitrogen and oxygen atoms in total. The molecule has 0 amide bonds. The quantitative estimate of drug-likeness (QED) is 0.815. The predicted molar refractivity (Wildman–Crippen MR) is 75.2 cm³/mol. The second kappa shape index (κ2) is 5.95. The van der Waals surface area contributed by atoms with Gasteiger partial charge in [-0.2, -0.15) is 0 Å². The molecule has 1 rings (SSSR count). The molecule has 0 saturated carbocycles. The van der Waals surface area contributed by atoms with Gasteiger partial charge in [0.1, 0.15) is 0 Å². The van der Waals surface area contributed by atoms with Crippen molar-refractivity contribution in [3.63, 3.8) is 0 Å². The summed E-state index contributed by atoms with van der Waals surface area (Å²) in [4.78, 5) is 4.56. The number of thioether (sulfide) groups is 1. The number of nitrogens with zero attached hydrogens (tertiary/aromatic N) is 1. The summed E-state index contributed by atoms with van der Waals surface area (Å²) in [7, 11) is 0. The summed E-state index contributed by atoms with van der Waals surface area (Å²) in [6.07, 6.45) is 2.47. The fourth-order valence-electron chi connectivity index (χ4n) is 1.71. The van der Waals surface area contributed by atoms with Crippen LogP contribution in [0.4, 0.5) is 0 Å². The van der Waals surface area contributed by atoms with E-state index in [1.165, 1.54) is 12.8 Å². The molecule has 0 aromatic heterocycles. The lowest BCUT2D eigenvalue weighted by molar-refractivity contribution is 0.378. The Bertz CT molecular complexity index is 241. The lowest BCUT2D eigenvalue weighted by Crippen LogP contribution is -2.24. The van der Waals surface area contributed by atoms with Crippen LogP contribution >= 0.6 is 11.8 Å². The Balaban J connectivity index is 2.16. The molecule has 1 aliphatic rings. The van der Waals surface area contributed by atoms with Gasteiger partial charge in [-0.05, 0) is 24.2 Å². The molecule has 1 atom stereocenters. The van der Waals surface area contributed by atoms with Gasteiger partial charge in [0.25, 0.3) is 0 Å². The van der Waals surface area contributed by atoms with Crippen molar-refractivity contribution in [2.24, 2.45) is 16.3 Å². The lowest BCUT2D eigenvalue weighted by atomic mass is 9.92. The largest absolute Gasteiger partial charge is 0.365 e. The van der Waals surface area contributed by atoms with Gasteiger partial charge < -0.3 is 5.32 Å². The Hall–Kier alpha value is -0.180. The number of nitrogens with one attached hydrogen (secondary N) is 1. The Kier molecular flexibility index (Phi) is 5.16. The number of amidine groups is 1. The Labute approximate surface area is 105 Å². The minimum Gasteiger partial charge on any atom is -0.365 e. The average Bonchev–Trinajstić information content (AvgIpc) is 2.49. The minimum absolute atomic E-state index is 0.411. The third-order valence-corrected chi connectivity index (χ3v) is 3.77. The van der Waals surface area contributed by atoms with Crippen LogP contribution < -0.4 is 5.32 Å². The molecule has 0 aliphatic carbocycles. The third kappa shape index (κ3) is 5.78. The fraction of sp³-hybridized carbons (Fsp3) is 0.923. The third-order valence-electron chi connectivity index (χ3n) is 2.60. The van der Waals surface area contributed by atoms with E-state index in [-0.39, 0.29) is 0 Å². The maximum atomic E-state index is 4.56. The van der Waals surface area contributed by atoms with Crippen LogP contribution in [0.2, 0.25) is 0 Å². The first-order valence-electron chi connectivity index (χ1n) is 6.32. The maximum Gasteiger partial charge on any atom is 0.156 e. The summed E-state index contributed by atoms with van der Waals surface area (Å²) in [5.41, 5.74) is 0.411. The highest BCUT2D eigenvalue weighted by atomic mass is 32.2. The van der Waals surface area contributed by atoms with Crippen LogP contribution in [0.15, 0.2) is 4.99 Å². The molecule has 94 valence electrons. The number of hydrogen-bond donors (Lipinski definition) is 1. The van der Waals surface area contributed by atoms with Gasteiger partial charge in [0.15, 0.2) is 5.17 Å². The van der Waals surface area contributed by atoms with Crippen molar-refractivity contribution in [2.75, 3.05) is 13.1 Å². The SMILES string of the molecule is CC(C)CC1CN=C(NCCC(C)(C)C)S1. The van der Waals surface area contributed by atoms with Gasteiger partial charge in [0.2, 0.25) is 0 Å². The van der Waals surface area contributed by atoms with Gasteiger partial charge in [0, 0.05) is 11.8 Å². The number of aliphatic imine (C=N–C) groups is 1. The van der Waals surface area contributed by atoms with Crippen LogP contribution in [-0.2, 0) is 0 Å². The molecule has 0 bridgehead atoms. The van der Waals surface area contributed by atoms with Gasteiger partial charge in [-0.15, -0.1) is 0 Å². The molecule has 0 aromatic carbocycles. The molecule has 16 heavy (non-hydrogen) atoms. The predicted octanol–water partition coefficient (Wildman–Crippen LogP) is 3.53. The molecular weight excluding hydrogens is 216 g/mol. The summed E-state index contributed by atoms with van der Waals surface area (Å²) in [5.74, 6) is 0.779. The summed E-state index contributed by atoms with van der Waals surface area (Å²) in [6, 6.07) is 0. The summed E-state index contributed by atoms with van der Waals surface area (Å²) < 4.78 is 0. The van der Waals surface area contributed by atoms with Crippen molar-refractivity contribution in [2.45, 2.75) is 52.7 Å². The second-order valence-corrected chi connectivity index (χ2v) is 7.54. The molecular formula is C13H26N2S. The molecule has 0 saturated heterocycles. The smallest absolute Gasteiger partial charge is 0.156 e.